The molecule has 2 aromatic heterocycles. The maximum atomic E-state index is 13.9. The van der Waals surface area contributed by atoms with Crippen LogP contribution in [-0.4, -0.2) is 67.8 Å². The highest BCUT2D eigenvalue weighted by Gasteiger charge is 2.57. The number of rotatable bonds is 11. The van der Waals surface area contributed by atoms with Gasteiger partial charge in [0.1, 0.15) is 54.6 Å². The van der Waals surface area contributed by atoms with Gasteiger partial charge in [0.15, 0.2) is 5.82 Å². The van der Waals surface area contributed by atoms with Crippen LogP contribution in [0.5, 0.6) is 5.75 Å². The first-order valence-electron chi connectivity index (χ1n) is 13.1. The van der Waals surface area contributed by atoms with Gasteiger partial charge in [-0.2, -0.15) is 15.4 Å². The molecule has 41 heavy (non-hydrogen) atoms. The minimum atomic E-state index is -4.39. The van der Waals surface area contributed by atoms with Gasteiger partial charge in [-0.15, -0.1) is 0 Å². The summed E-state index contributed by atoms with van der Waals surface area (Å²) in [5.41, 5.74) is 4.45. The molecular formula is C26H31N6O8P. The number of fused-ring (bicyclic) bond motifs is 1. The Hall–Kier alpha value is -3.57. The average molecular weight is 587 g/mol. The summed E-state index contributed by atoms with van der Waals surface area (Å²) < 4.78 is 37.8. The van der Waals surface area contributed by atoms with Crippen LogP contribution >= 0.6 is 7.75 Å². The number of nitrogen functional groups attached to an aromatic ring is 1. The van der Waals surface area contributed by atoms with Gasteiger partial charge in [0.05, 0.1) is 12.3 Å². The molecule has 14 nitrogen and oxygen atoms in total. The lowest BCUT2D eigenvalue weighted by Gasteiger charge is -2.29. The zero-order valence-electron chi connectivity index (χ0n) is 22.2. The predicted octanol–water partition coefficient (Wildman–Crippen LogP) is 1.89. The lowest BCUT2D eigenvalue weighted by Crippen LogP contribution is -2.46. The van der Waals surface area contributed by atoms with Gasteiger partial charge in [0.25, 0.3) is 0 Å². The lowest BCUT2D eigenvalue weighted by molar-refractivity contribution is -0.147. The van der Waals surface area contributed by atoms with Gasteiger partial charge >= 0.3 is 13.7 Å². The van der Waals surface area contributed by atoms with Crippen molar-refractivity contribution in [1.82, 2.24) is 19.7 Å². The standard InChI is InChI=1S/C26H31N6O8P/c1-16(25(35)37-12-17-6-5-7-17)31-41(36,40-18-8-3-2-4-9-18)38-14-26(13-27)23(34)21(33)22(39-26)19-10-11-20-24(28)29-15-30-32(19)20/h2-4,8-11,15-17,21-23,33-34H,5-7,12,14H2,1H3,(H,31,36)(H2,28,29,30)/t16?,21-,22-,23-,26+,41?/m0/s1. The smallest absolute Gasteiger partial charge is 0.459 e. The molecule has 2 aliphatic rings. The van der Waals surface area contributed by atoms with Crippen molar-refractivity contribution in [3.63, 3.8) is 0 Å². The highest BCUT2D eigenvalue weighted by molar-refractivity contribution is 7.52. The summed E-state index contributed by atoms with van der Waals surface area (Å²) in [6.45, 7) is 0.913. The molecule has 3 aromatic rings. The molecule has 0 amide bonds. The summed E-state index contributed by atoms with van der Waals surface area (Å²) in [7, 11) is -4.39. The molecule has 1 saturated carbocycles. The van der Waals surface area contributed by atoms with Crippen molar-refractivity contribution in [3.05, 3.63) is 54.5 Å². The average Bonchev–Trinajstić information content (AvgIpc) is 3.47. The summed E-state index contributed by atoms with van der Waals surface area (Å²) >= 11 is 0. The molecule has 0 radical (unpaired) electrons. The number of nitrogens with one attached hydrogen (secondary N) is 1. The fourth-order valence-corrected chi connectivity index (χ4v) is 6.16. The van der Waals surface area contributed by atoms with Crippen molar-refractivity contribution < 1.29 is 38.1 Å². The number of carbonyl (C=O) groups is 1. The molecule has 2 fully saturated rings. The molecular weight excluding hydrogens is 555 g/mol. The van der Waals surface area contributed by atoms with Gasteiger partial charge in [-0.05, 0) is 49.9 Å². The Morgan fingerprint density at radius 3 is 2.76 bits per heavy atom. The van der Waals surface area contributed by atoms with E-state index >= 15 is 0 Å². The minimum Gasteiger partial charge on any atom is -0.464 e. The maximum Gasteiger partial charge on any atom is 0.459 e. The van der Waals surface area contributed by atoms with Crippen molar-refractivity contribution in [2.24, 2.45) is 5.92 Å². The molecule has 1 aliphatic heterocycles. The molecule has 0 bridgehead atoms. The Kier molecular flexibility index (Phi) is 8.28. The molecule has 15 heteroatoms. The van der Waals surface area contributed by atoms with E-state index in [-0.39, 0.29) is 18.2 Å². The zero-order chi connectivity index (χ0) is 29.2. The number of nitrogens with zero attached hydrogens (tertiary/aromatic N) is 4. The first kappa shape index (κ1) is 28.9. The van der Waals surface area contributed by atoms with Gasteiger partial charge in [0, 0.05) is 0 Å². The van der Waals surface area contributed by atoms with Crippen LogP contribution in [0, 0.1) is 17.2 Å². The number of ether oxygens (including phenoxy) is 2. The third kappa shape index (κ3) is 5.92. The number of esters is 1. The monoisotopic (exact) mass is 586 g/mol. The second-order valence-electron chi connectivity index (χ2n) is 10.1. The molecule has 3 heterocycles. The molecule has 6 atom stereocenters. The van der Waals surface area contributed by atoms with Gasteiger partial charge in [-0.25, -0.2) is 14.1 Å². The number of hydrogen-bond donors (Lipinski definition) is 4. The zero-order valence-corrected chi connectivity index (χ0v) is 23.1. The van der Waals surface area contributed by atoms with Crippen molar-refractivity contribution in [1.29, 1.82) is 5.26 Å². The van der Waals surface area contributed by atoms with E-state index in [0.29, 0.717) is 17.1 Å². The number of nitriles is 1. The fourth-order valence-electron chi connectivity index (χ4n) is 4.64. The number of carbonyl (C=O) groups excluding carboxylic acids is 1. The van der Waals surface area contributed by atoms with E-state index in [9.17, 15) is 24.8 Å². The molecule has 218 valence electrons. The van der Waals surface area contributed by atoms with E-state index in [4.69, 9.17) is 24.3 Å². The highest BCUT2D eigenvalue weighted by atomic mass is 31.2. The molecule has 1 aromatic carbocycles. The molecule has 0 spiro atoms. The van der Waals surface area contributed by atoms with Crippen LogP contribution in [-0.2, 0) is 23.4 Å². The Labute approximate surface area is 235 Å². The number of benzene rings is 1. The topological polar surface area (TPSA) is 204 Å². The van der Waals surface area contributed by atoms with Crippen LogP contribution < -0.4 is 15.3 Å². The normalized spacial score (nSPS) is 26.5. The van der Waals surface area contributed by atoms with Crippen LogP contribution in [0.4, 0.5) is 5.82 Å². The van der Waals surface area contributed by atoms with Gasteiger partial charge in [-0.3, -0.25) is 9.32 Å². The second-order valence-corrected chi connectivity index (χ2v) is 11.8. The first-order valence-corrected chi connectivity index (χ1v) is 14.7. The number of aliphatic hydroxyl groups excluding tert-OH is 2. The van der Waals surface area contributed by atoms with Crippen molar-refractivity contribution >= 4 is 25.1 Å². The van der Waals surface area contributed by atoms with E-state index in [1.54, 1.807) is 30.3 Å². The van der Waals surface area contributed by atoms with Crippen LogP contribution in [0.3, 0.4) is 0 Å². The number of aromatic nitrogens is 3. The largest absolute Gasteiger partial charge is 0.464 e. The van der Waals surface area contributed by atoms with Gasteiger partial charge in [0.2, 0.25) is 5.60 Å². The second kappa shape index (κ2) is 11.7. The van der Waals surface area contributed by atoms with E-state index in [1.807, 2.05) is 6.07 Å². The highest BCUT2D eigenvalue weighted by Crippen LogP contribution is 2.48. The van der Waals surface area contributed by atoms with Crippen LogP contribution in [0.1, 0.15) is 38.0 Å². The Balaban J connectivity index is 1.35. The minimum absolute atomic E-state index is 0.159. The number of aliphatic hydroxyl groups is 2. The lowest BCUT2D eigenvalue weighted by atomic mass is 9.86. The van der Waals surface area contributed by atoms with Crippen LogP contribution in [0.15, 0.2) is 48.8 Å². The molecule has 5 N–H and O–H groups in total. The van der Waals surface area contributed by atoms with Crippen LogP contribution in [0.25, 0.3) is 5.52 Å². The van der Waals surface area contributed by atoms with E-state index in [1.165, 1.54) is 29.9 Å². The summed E-state index contributed by atoms with van der Waals surface area (Å²) in [6.07, 6.45) is -0.320. The number of para-hydroxylation sites is 1. The molecule has 5 rings (SSSR count). The summed E-state index contributed by atoms with van der Waals surface area (Å²) in [4.78, 5) is 16.5. The summed E-state index contributed by atoms with van der Waals surface area (Å²) in [5, 5.41) is 38.6. The molecule has 2 unspecified atom stereocenters. The van der Waals surface area contributed by atoms with Gasteiger partial charge < -0.3 is 29.9 Å². The van der Waals surface area contributed by atoms with E-state index in [0.717, 1.165) is 19.3 Å². The first-order chi connectivity index (χ1) is 19.6. The Morgan fingerprint density at radius 1 is 1.32 bits per heavy atom. The maximum absolute atomic E-state index is 13.9. The number of hydrogen-bond acceptors (Lipinski definition) is 12. The molecule has 1 saturated heterocycles. The van der Waals surface area contributed by atoms with Crippen LogP contribution in [0.2, 0.25) is 0 Å². The van der Waals surface area contributed by atoms with Crippen molar-refractivity contribution in [2.75, 3.05) is 18.9 Å². The Bertz CT molecular complexity index is 1480. The van der Waals surface area contributed by atoms with Crippen molar-refractivity contribution in [3.8, 4) is 11.8 Å². The van der Waals surface area contributed by atoms with Gasteiger partial charge in [-0.1, -0.05) is 24.6 Å². The SMILES string of the molecule is CC(NP(=O)(OC[C@@]1(C#N)O[C@@H](c2ccc3c(N)ncnn23)[C@H](O)[C@@H]1O)Oc1ccccc1)C(=O)OCC1CCC1. The third-order valence-electron chi connectivity index (χ3n) is 7.25. The Morgan fingerprint density at radius 2 is 2.07 bits per heavy atom. The van der Waals surface area contributed by atoms with Crippen molar-refractivity contribution in [2.45, 2.75) is 56.1 Å². The third-order valence-corrected chi connectivity index (χ3v) is 8.87. The summed E-state index contributed by atoms with van der Waals surface area (Å²) in [6, 6.07) is 12.0. The number of anilines is 1. The van der Waals surface area contributed by atoms with E-state index < -0.39 is 50.3 Å². The number of nitrogens with two attached hydrogens (primary N) is 1. The molecule has 1 aliphatic carbocycles. The predicted molar refractivity (Wildman–Crippen MR) is 143 cm³/mol. The fraction of sp³-hybridized carbons (Fsp3) is 0.462. The quantitative estimate of drug-likeness (QED) is 0.187. The van der Waals surface area contributed by atoms with E-state index in [2.05, 4.69) is 15.2 Å². The summed E-state index contributed by atoms with van der Waals surface area (Å²) in [5.74, 6) is -0.000628.